The maximum absolute atomic E-state index is 12.0. The van der Waals surface area contributed by atoms with Gasteiger partial charge in [-0.25, -0.2) is 0 Å². The minimum atomic E-state index is 0.155. The van der Waals surface area contributed by atoms with Crippen LogP contribution in [0.3, 0.4) is 0 Å². The van der Waals surface area contributed by atoms with E-state index in [1.54, 1.807) is 4.90 Å². The highest BCUT2D eigenvalue weighted by Gasteiger charge is 2.28. The zero-order chi connectivity index (χ0) is 14.0. The van der Waals surface area contributed by atoms with E-state index in [4.69, 9.17) is 0 Å². The second-order valence-corrected chi connectivity index (χ2v) is 6.53. The van der Waals surface area contributed by atoms with Gasteiger partial charge in [0, 0.05) is 25.2 Å². The Balaban J connectivity index is 2.10. The maximum atomic E-state index is 12.0. The Morgan fingerprint density at radius 1 is 1.32 bits per heavy atom. The number of nitrogens with one attached hydrogen (secondary N) is 1. The Morgan fingerprint density at radius 2 is 2.00 bits per heavy atom. The summed E-state index contributed by atoms with van der Waals surface area (Å²) in [6.07, 6.45) is 1.66. The molecule has 3 nitrogen and oxygen atoms in total. The Labute approximate surface area is 116 Å². The van der Waals surface area contributed by atoms with Gasteiger partial charge in [0.15, 0.2) is 0 Å². The third-order valence-corrected chi connectivity index (χ3v) is 3.69. The number of hydrogen-bond donors (Lipinski definition) is 1. The van der Waals surface area contributed by atoms with Gasteiger partial charge in [-0.15, -0.1) is 0 Å². The van der Waals surface area contributed by atoms with Crippen LogP contribution in [0.4, 0.5) is 5.69 Å². The summed E-state index contributed by atoms with van der Waals surface area (Å²) in [5.74, 6) is 0.187. The van der Waals surface area contributed by atoms with Crippen LogP contribution in [-0.2, 0) is 4.79 Å². The third kappa shape index (κ3) is 3.35. The lowest BCUT2D eigenvalue weighted by atomic mass is 9.91. The first-order valence-electron chi connectivity index (χ1n) is 6.97. The average molecular weight is 260 g/mol. The molecule has 1 aromatic carbocycles. The van der Waals surface area contributed by atoms with Crippen molar-refractivity contribution in [2.24, 2.45) is 5.41 Å². The smallest absolute Gasteiger partial charge is 0.228 e. The third-order valence-electron chi connectivity index (χ3n) is 3.69. The molecule has 0 spiro atoms. The molecule has 1 aliphatic heterocycles. The van der Waals surface area contributed by atoms with Crippen molar-refractivity contribution in [2.75, 3.05) is 18.5 Å². The molecular formula is C16H24N2O. The monoisotopic (exact) mass is 260 g/mol. The van der Waals surface area contributed by atoms with Gasteiger partial charge in [-0.3, -0.25) is 4.79 Å². The summed E-state index contributed by atoms with van der Waals surface area (Å²) in [7, 11) is 1.85. The zero-order valence-corrected chi connectivity index (χ0v) is 12.4. The number of hydrogen-bond acceptors (Lipinski definition) is 2. The van der Waals surface area contributed by atoms with E-state index in [9.17, 15) is 4.79 Å². The number of amides is 1. The second-order valence-electron chi connectivity index (χ2n) is 6.53. The lowest BCUT2D eigenvalue weighted by molar-refractivity contribution is -0.119. The van der Waals surface area contributed by atoms with Crippen molar-refractivity contribution in [1.82, 2.24) is 5.32 Å². The van der Waals surface area contributed by atoms with Crippen LogP contribution in [0.15, 0.2) is 24.3 Å². The average Bonchev–Trinajstić information content (AvgIpc) is 2.34. The number of carbonyl (C=O) groups is 1. The summed E-state index contributed by atoms with van der Waals surface area (Å²) < 4.78 is 0. The van der Waals surface area contributed by atoms with Crippen molar-refractivity contribution in [1.29, 1.82) is 0 Å². The molecule has 0 saturated carbocycles. The number of anilines is 1. The lowest BCUT2D eigenvalue weighted by Crippen LogP contribution is -2.38. The summed E-state index contributed by atoms with van der Waals surface area (Å²) in [6.45, 7) is 7.66. The van der Waals surface area contributed by atoms with Gasteiger partial charge in [-0.05, 0) is 30.0 Å². The molecule has 104 valence electrons. The second kappa shape index (κ2) is 5.33. The maximum Gasteiger partial charge on any atom is 0.228 e. The molecule has 0 saturated heterocycles. The first-order chi connectivity index (χ1) is 8.88. The van der Waals surface area contributed by atoms with Crippen LogP contribution in [-0.4, -0.2) is 19.5 Å². The molecule has 19 heavy (non-hydrogen) atoms. The summed E-state index contributed by atoms with van der Waals surface area (Å²) in [4.78, 5) is 13.8. The summed E-state index contributed by atoms with van der Waals surface area (Å²) in [5.41, 5.74) is 2.59. The van der Waals surface area contributed by atoms with Crippen molar-refractivity contribution < 1.29 is 4.79 Å². The molecule has 2 rings (SSSR count). The minimum absolute atomic E-state index is 0.155. The van der Waals surface area contributed by atoms with Crippen LogP contribution in [0.5, 0.6) is 0 Å². The summed E-state index contributed by atoms with van der Waals surface area (Å²) in [5, 5.41) is 3.54. The van der Waals surface area contributed by atoms with Gasteiger partial charge < -0.3 is 10.2 Å². The van der Waals surface area contributed by atoms with Crippen molar-refractivity contribution in [2.45, 2.75) is 39.7 Å². The molecule has 3 heteroatoms. The number of benzene rings is 1. The van der Waals surface area contributed by atoms with E-state index in [1.807, 2.05) is 25.2 Å². The van der Waals surface area contributed by atoms with E-state index in [-0.39, 0.29) is 11.9 Å². The lowest BCUT2D eigenvalue weighted by Gasteiger charge is -2.32. The van der Waals surface area contributed by atoms with E-state index < -0.39 is 0 Å². The Hall–Kier alpha value is -1.35. The first-order valence-corrected chi connectivity index (χ1v) is 6.97. The molecule has 1 N–H and O–H groups in total. The number of nitrogens with zero attached hydrogens (tertiary/aromatic N) is 1. The molecule has 1 aromatic rings. The van der Waals surface area contributed by atoms with E-state index in [0.717, 1.165) is 18.7 Å². The van der Waals surface area contributed by atoms with Crippen molar-refractivity contribution in [3.05, 3.63) is 29.8 Å². The van der Waals surface area contributed by atoms with Gasteiger partial charge in [-0.1, -0.05) is 39.0 Å². The molecule has 1 atom stereocenters. The molecule has 0 fully saturated rings. The fourth-order valence-electron chi connectivity index (χ4n) is 2.45. The van der Waals surface area contributed by atoms with E-state index in [1.165, 1.54) is 5.56 Å². The normalized spacial score (nSPS) is 19.5. The highest BCUT2D eigenvalue weighted by Crippen LogP contribution is 2.33. The molecule has 1 amide bonds. The van der Waals surface area contributed by atoms with Crippen molar-refractivity contribution in [3.8, 4) is 0 Å². The Bertz CT molecular complexity index is 462. The number of carbonyl (C=O) groups excluding carboxylic acids is 1. The predicted molar refractivity (Wildman–Crippen MR) is 79.3 cm³/mol. The van der Waals surface area contributed by atoms with Gasteiger partial charge in [0.05, 0.1) is 0 Å². The highest BCUT2D eigenvalue weighted by molar-refractivity contribution is 5.96. The standard InChI is InChI=1S/C16H24N2O/c1-16(2,3)9-10-17-13-11-15(19)18(4)14-8-6-5-7-12(13)14/h5-8,13,17H,9-11H2,1-4H3. The zero-order valence-electron chi connectivity index (χ0n) is 12.4. The van der Waals surface area contributed by atoms with Crippen LogP contribution in [0.25, 0.3) is 0 Å². The molecule has 1 aliphatic rings. The van der Waals surface area contributed by atoms with Crippen molar-refractivity contribution >= 4 is 11.6 Å². The SMILES string of the molecule is CN1C(=O)CC(NCCC(C)(C)C)c2ccccc21. The van der Waals surface area contributed by atoms with Crippen LogP contribution in [0, 0.1) is 5.41 Å². The number of fused-ring (bicyclic) bond motifs is 1. The van der Waals surface area contributed by atoms with Gasteiger partial charge >= 0.3 is 0 Å². The minimum Gasteiger partial charge on any atom is -0.315 e. The van der Waals surface area contributed by atoms with Crippen LogP contribution < -0.4 is 10.2 Å². The molecule has 0 aliphatic carbocycles. The fourth-order valence-corrected chi connectivity index (χ4v) is 2.45. The van der Waals surface area contributed by atoms with Gasteiger partial charge in [-0.2, -0.15) is 0 Å². The largest absolute Gasteiger partial charge is 0.315 e. The van der Waals surface area contributed by atoms with E-state index in [2.05, 4.69) is 32.2 Å². The first kappa shape index (κ1) is 14.1. The topological polar surface area (TPSA) is 32.3 Å². The Morgan fingerprint density at radius 3 is 2.68 bits per heavy atom. The quantitative estimate of drug-likeness (QED) is 0.905. The molecule has 1 unspecified atom stereocenters. The van der Waals surface area contributed by atoms with E-state index in [0.29, 0.717) is 11.8 Å². The summed E-state index contributed by atoms with van der Waals surface area (Å²) >= 11 is 0. The molecule has 0 aromatic heterocycles. The summed E-state index contributed by atoms with van der Waals surface area (Å²) in [6, 6.07) is 8.32. The van der Waals surface area contributed by atoms with Crippen molar-refractivity contribution in [3.63, 3.8) is 0 Å². The number of rotatable bonds is 3. The molecular weight excluding hydrogens is 236 g/mol. The van der Waals surface area contributed by atoms with Gasteiger partial charge in [0.2, 0.25) is 5.91 Å². The fraction of sp³-hybridized carbons (Fsp3) is 0.562. The van der Waals surface area contributed by atoms with E-state index >= 15 is 0 Å². The molecule has 1 heterocycles. The predicted octanol–water partition coefficient (Wildman–Crippen LogP) is 3.12. The molecule has 0 radical (unpaired) electrons. The van der Waals surface area contributed by atoms with Crippen LogP contribution in [0.2, 0.25) is 0 Å². The van der Waals surface area contributed by atoms with Gasteiger partial charge in [0.25, 0.3) is 0 Å². The van der Waals surface area contributed by atoms with Crippen LogP contribution >= 0.6 is 0 Å². The number of para-hydroxylation sites is 1. The van der Waals surface area contributed by atoms with Gasteiger partial charge in [0.1, 0.15) is 0 Å². The Kier molecular flexibility index (Phi) is 3.95. The van der Waals surface area contributed by atoms with Crippen LogP contribution in [0.1, 0.15) is 45.2 Å². The molecule has 0 bridgehead atoms. The highest BCUT2D eigenvalue weighted by atomic mass is 16.2.